The molecule has 98 valence electrons. The van der Waals surface area contributed by atoms with E-state index in [0.29, 0.717) is 0 Å². The van der Waals surface area contributed by atoms with E-state index < -0.39 is 0 Å². The van der Waals surface area contributed by atoms with Gasteiger partial charge < -0.3 is 4.57 Å². The number of hydrogen-bond acceptors (Lipinski definition) is 2. The van der Waals surface area contributed by atoms with E-state index in [1.165, 1.54) is 0 Å². The Hall–Kier alpha value is -1.29. The predicted octanol–water partition coefficient (Wildman–Crippen LogP) is 2.93. The summed E-state index contributed by atoms with van der Waals surface area (Å²) in [6.07, 6.45) is 5.61. The molecular weight excluding hydrogens is 248 g/mol. The fraction of sp³-hybridized carbons (Fsp3) is 0.538. The van der Waals surface area contributed by atoms with Gasteiger partial charge in [-0.2, -0.15) is 5.10 Å². The summed E-state index contributed by atoms with van der Waals surface area (Å²) in [5, 5.41) is 5.33. The second kappa shape index (κ2) is 5.57. The zero-order valence-electron chi connectivity index (χ0n) is 11.1. The van der Waals surface area contributed by atoms with Crippen LogP contribution in [0.5, 0.6) is 0 Å². The average molecular weight is 267 g/mol. The Morgan fingerprint density at radius 1 is 1.22 bits per heavy atom. The zero-order chi connectivity index (χ0) is 13.1. The van der Waals surface area contributed by atoms with E-state index in [1.54, 1.807) is 0 Å². The van der Waals surface area contributed by atoms with E-state index in [1.807, 2.05) is 17.1 Å². The Morgan fingerprint density at radius 3 is 2.61 bits per heavy atom. The summed E-state index contributed by atoms with van der Waals surface area (Å²) in [6.45, 7) is 7.84. The molecule has 2 rings (SSSR count). The second-order valence-electron chi connectivity index (χ2n) is 4.20. The van der Waals surface area contributed by atoms with Gasteiger partial charge in [0.15, 0.2) is 0 Å². The standard InChI is InChI=1S/C13H19ClN4/c1-4-10-13(14)11(18(6-3)16-10)9-17-8-7-15-12(17)5-2/h7-8H,4-6,9H2,1-3H3. The van der Waals surface area contributed by atoms with Crippen LogP contribution in [-0.2, 0) is 25.9 Å². The van der Waals surface area contributed by atoms with Crippen molar-refractivity contribution in [3.8, 4) is 0 Å². The molecule has 0 spiro atoms. The summed E-state index contributed by atoms with van der Waals surface area (Å²) in [5.74, 6) is 1.08. The van der Waals surface area contributed by atoms with Crippen molar-refractivity contribution in [1.82, 2.24) is 19.3 Å². The van der Waals surface area contributed by atoms with Crippen molar-refractivity contribution in [3.05, 3.63) is 34.6 Å². The minimum Gasteiger partial charge on any atom is -0.329 e. The molecule has 18 heavy (non-hydrogen) atoms. The lowest BCUT2D eigenvalue weighted by Crippen LogP contribution is -2.10. The molecule has 0 fully saturated rings. The van der Waals surface area contributed by atoms with Crippen molar-refractivity contribution >= 4 is 11.6 Å². The first-order chi connectivity index (χ1) is 8.71. The molecule has 0 aliphatic carbocycles. The highest BCUT2D eigenvalue weighted by atomic mass is 35.5. The van der Waals surface area contributed by atoms with Gasteiger partial charge in [0.1, 0.15) is 5.82 Å². The van der Waals surface area contributed by atoms with Crippen LogP contribution in [0.2, 0.25) is 5.02 Å². The van der Waals surface area contributed by atoms with Crippen molar-refractivity contribution < 1.29 is 0 Å². The molecule has 0 amide bonds. The van der Waals surface area contributed by atoms with E-state index in [2.05, 4.69) is 35.4 Å². The lowest BCUT2D eigenvalue weighted by molar-refractivity contribution is 0.587. The largest absolute Gasteiger partial charge is 0.329 e. The maximum atomic E-state index is 6.40. The topological polar surface area (TPSA) is 35.6 Å². The Labute approximate surface area is 113 Å². The molecular formula is C13H19ClN4. The van der Waals surface area contributed by atoms with Crippen LogP contribution < -0.4 is 0 Å². The molecule has 0 saturated carbocycles. The van der Waals surface area contributed by atoms with Gasteiger partial charge in [0.2, 0.25) is 0 Å². The molecule has 2 heterocycles. The van der Waals surface area contributed by atoms with Gasteiger partial charge in [-0.15, -0.1) is 0 Å². The van der Waals surface area contributed by atoms with Crippen LogP contribution in [0.1, 0.15) is 38.0 Å². The monoisotopic (exact) mass is 266 g/mol. The highest BCUT2D eigenvalue weighted by Gasteiger charge is 2.15. The second-order valence-corrected chi connectivity index (χ2v) is 4.58. The summed E-state index contributed by atoms with van der Waals surface area (Å²) < 4.78 is 4.12. The van der Waals surface area contributed by atoms with E-state index in [4.69, 9.17) is 11.6 Å². The van der Waals surface area contributed by atoms with Gasteiger partial charge in [-0.05, 0) is 13.3 Å². The number of aromatic nitrogens is 4. The van der Waals surface area contributed by atoms with Crippen molar-refractivity contribution in [2.24, 2.45) is 0 Å². The number of hydrogen-bond donors (Lipinski definition) is 0. The summed E-state index contributed by atoms with van der Waals surface area (Å²) in [4.78, 5) is 4.33. The summed E-state index contributed by atoms with van der Waals surface area (Å²) >= 11 is 6.40. The van der Waals surface area contributed by atoms with Gasteiger partial charge in [0.05, 0.1) is 23.0 Å². The van der Waals surface area contributed by atoms with Crippen LogP contribution in [0.4, 0.5) is 0 Å². The smallest absolute Gasteiger partial charge is 0.108 e. The van der Waals surface area contributed by atoms with Crippen LogP contribution in [0, 0.1) is 0 Å². The minimum atomic E-state index is 0.739. The number of halogens is 1. The van der Waals surface area contributed by atoms with Gasteiger partial charge in [0.25, 0.3) is 0 Å². The molecule has 0 atom stereocenters. The van der Waals surface area contributed by atoms with Crippen LogP contribution in [0.15, 0.2) is 12.4 Å². The molecule has 0 aliphatic rings. The highest BCUT2D eigenvalue weighted by molar-refractivity contribution is 6.31. The van der Waals surface area contributed by atoms with Crippen LogP contribution in [0.3, 0.4) is 0 Å². The molecule has 5 heteroatoms. The van der Waals surface area contributed by atoms with Gasteiger partial charge in [-0.25, -0.2) is 4.98 Å². The third-order valence-corrected chi connectivity index (χ3v) is 3.57. The lowest BCUT2D eigenvalue weighted by Gasteiger charge is -2.08. The fourth-order valence-corrected chi connectivity index (χ4v) is 2.46. The van der Waals surface area contributed by atoms with Gasteiger partial charge in [-0.3, -0.25) is 4.68 Å². The lowest BCUT2D eigenvalue weighted by atomic mass is 10.3. The molecule has 0 aromatic carbocycles. The summed E-state index contributed by atoms with van der Waals surface area (Å²) in [5.41, 5.74) is 2.05. The predicted molar refractivity (Wildman–Crippen MR) is 73.0 cm³/mol. The number of nitrogens with zero attached hydrogens (tertiary/aromatic N) is 4. The Bertz CT molecular complexity index is 527. The maximum Gasteiger partial charge on any atom is 0.108 e. The molecule has 2 aromatic rings. The molecule has 0 N–H and O–H groups in total. The number of rotatable bonds is 5. The first-order valence-corrected chi connectivity index (χ1v) is 6.83. The van der Waals surface area contributed by atoms with Crippen LogP contribution in [-0.4, -0.2) is 19.3 Å². The molecule has 0 radical (unpaired) electrons. The Kier molecular flexibility index (Phi) is 4.07. The van der Waals surface area contributed by atoms with Crippen molar-refractivity contribution in [2.45, 2.75) is 46.7 Å². The van der Waals surface area contributed by atoms with E-state index >= 15 is 0 Å². The van der Waals surface area contributed by atoms with Crippen molar-refractivity contribution in [3.63, 3.8) is 0 Å². The average Bonchev–Trinajstić information content (AvgIpc) is 2.95. The first kappa shape index (κ1) is 13.1. The normalized spacial score (nSPS) is 11.1. The summed E-state index contributed by atoms with van der Waals surface area (Å²) in [7, 11) is 0. The third kappa shape index (κ3) is 2.29. The molecule has 0 saturated heterocycles. The molecule has 0 bridgehead atoms. The highest BCUT2D eigenvalue weighted by Crippen LogP contribution is 2.22. The number of imidazole rings is 1. The summed E-state index contributed by atoms with van der Waals surface area (Å²) in [6, 6.07) is 0. The molecule has 0 aliphatic heterocycles. The van der Waals surface area contributed by atoms with E-state index in [0.717, 1.165) is 48.2 Å². The SMILES string of the molecule is CCc1nn(CC)c(Cn2ccnc2CC)c1Cl. The van der Waals surface area contributed by atoms with Gasteiger partial charge in [-0.1, -0.05) is 25.4 Å². The van der Waals surface area contributed by atoms with Crippen molar-refractivity contribution in [1.29, 1.82) is 0 Å². The van der Waals surface area contributed by atoms with E-state index in [9.17, 15) is 0 Å². The molecule has 4 nitrogen and oxygen atoms in total. The maximum absolute atomic E-state index is 6.40. The molecule has 0 unspecified atom stereocenters. The fourth-order valence-electron chi connectivity index (χ4n) is 2.13. The Morgan fingerprint density at radius 2 is 2.00 bits per heavy atom. The third-order valence-electron chi connectivity index (χ3n) is 3.13. The van der Waals surface area contributed by atoms with Crippen LogP contribution in [0.25, 0.3) is 0 Å². The van der Waals surface area contributed by atoms with Crippen LogP contribution >= 0.6 is 11.6 Å². The number of aryl methyl sites for hydroxylation is 3. The van der Waals surface area contributed by atoms with E-state index in [-0.39, 0.29) is 0 Å². The van der Waals surface area contributed by atoms with Gasteiger partial charge in [0, 0.05) is 25.4 Å². The first-order valence-electron chi connectivity index (χ1n) is 6.45. The zero-order valence-corrected chi connectivity index (χ0v) is 11.9. The quantitative estimate of drug-likeness (QED) is 0.834. The van der Waals surface area contributed by atoms with Gasteiger partial charge >= 0.3 is 0 Å². The van der Waals surface area contributed by atoms with Crippen molar-refractivity contribution in [2.75, 3.05) is 0 Å². The Balaban J connectivity index is 2.36. The minimum absolute atomic E-state index is 0.739. The molecule has 2 aromatic heterocycles.